The van der Waals surface area contributed by atoms with Crippen LogP contribution in [0.1, 0.15) is 316 Å². The standard InChI is InChI=1S/C53H107NO2/c1-4-6-8-10-12-14-16-18-20-22-24-26-28-30-32-34-36-38-40-42-44-46-50-54(52(3)48-49-53(55)56)51-47-45-43-41-39-37-35-33-31-29-27-25-23-21-19-17-15-13-11-9-7-5-2/h52H,4-51H2,1-3H3,(H,55,56). The van der Waals surface area contributed by atoms with E-state index >= 15 is 0 Å². The Hall–Kier alpha value is -0.570. The van der Waals surface area contributed by atoms with E-state index in [2.05, 4.69) is 25.7 Å². The molecule has 1 unspecified atom stereocenters. The van der Waals surface area contributed by atoms with Crippen LogP contribution < -0.4 is 0 Å². The Morgan fingerprint density at radius 1 is 0.339 bits per heavy atom. The largest absolute Gasteiger partial charge is 0.481 e. The summed E-state index contributed by atoms with van der Waals surface area (Å²) in [5.41, 5.74) is 0. The van der Waals surface area contributed by atoms with Crippen molar-refractivity contribution in [2.75, 3.05) is 13.1 Å². The number of carbonyl (C=O) groups is 1. The van der Waals surface area contributed by atoms with E-state index in [4.69, 9.17) is 0 Å². The van der Waals surface area contributed by atoms with E-state index in [1.165, 1.54) is 283 Å². The predicted octanol–water partition coefficient (Wildman–Crippen LogP) is 18.7. The van der Waals surface area contributed by atoms with Gasteiger partial charge in [0.05, 0.1) is 0 Å². The monoisotopic (exact) mass is 790 g/mol. The molecule has 0 heterocycles. The van der Waals surface area contributed by atoms with Crippen molar-refractivity contribution in [3.63, 3.8) is 0 Å². The Bertz CT molecular complexity index is 676. The van der Waals surface area contributed by atoms with Gasteiger partial charge in [0, 0.05) is 12.5 Å². The summed E-state index contributed by atoms with van der Waals surface area (Å²) >= 11 is 0. The maximum atomic E-state index is 11.2. The zero-order chi connectivity index (χ0) is 40.7. The summed E-state index contributed by atoms with van der Waals surface area (Å²) in [6.07, 6.45) is 64.0. The van der Waals surface area contributed by atoms with Crippen molar-refractivity contribution in [3.8, 4) is 0 Å². The Morgan fingerprint density at radius 2 is 0.518 bits per heavy atom. The van der Waals surface area contributed by atoms with E-state index in [-0.39, 0.29) is 0 Å². The molecule has 0 radical (unpaired) electrons. The van der Waals surface area contributed by atoms with Gasteiger partial charge in [0.15, 0.2) is 0 Å². The first-order chi connectivity index (χ1) is 27.6. The molecule has 0 saturated heterocycles. The fourth-order valence-corrected chi connectivity index (χ4v) is 8.91. The lowest BCUT2D eigenvalue weighted by atomic mass is 10.0. The van der Waals surface area contributed by atoms with Crippen molar-refractivity contribution in [3.05, 3.63) is 0 Å². The second-order valence-corrected chi connectivity index (χ2v) is 18.7. The van der Waals surface area contributed by atoms with Gasteiger partial charge in [-0.1, -0.05) is 284 Å². The zero-order valence-corrected chi connectivity index (χ0v) is 39.3. The highest BCUT2D eigenvalue weighted by Gasteiger charge is 2.14. The van der Waals surface area contributed by atoms with Crippen LogP contribution in [0.25, 0.3) is 0 Å². The van der Waals surface area contributed by atoms with E-state index in [9.17, 15) is 9.90 Å². The Balaban J connectivity index is 3.64. The smallest absolute Gasteiger partial charge is 0.303 e. The molecule has 56 heavy (non-hydrogen) atoms. The van der Waals surface area contributed by atoms with Crippen LogP contribution in [0.3, 0.4) is 0 Å². The highest BCUT2D eigenvalue weighted by atomic mass is 16.4. The molecule has 0 bridgehead atoms. The number of nitrogens with zero attached hydrogens (tertiary/aromatic N) is 1. The van der Waals surface area contributed by atoms with Crippen molar-refractivity contribution < 1.29 is 9.90 Å². The molecule has 1 atom stereocenters. The molecule has 0 aliphatic heterocycles. The molecular formula is C53H107NO2. The van der Waals surface area contributed by atoms with Crippen LogP contribution in [-0.2, 0) is 4.79 Å². The van der Waals surface area contributed by atoms with Crippen LogP contribution in [-0.4, -0.2) is 35.1 Å². The van der Waals surface area contributed by atoms with Gasteiger partial charge < -0.3 is 10.0 Å². The van der Waals surface area contributed by atoms with Crippen LogP contribution in [0.15, 0.2) is 0 Å². The molecule has 0 aromatic carbocycles. The van der Waals surface area contributed by atoms with Gasteiger partial charge in [-0.05, 0) is 39.3 Å². The van der Waals surface area contributed by atoms with Crippen molar-refractivity contribution in [1.29, 1.82) is 0 Å². The number of rotatable bonds is 50. The Labute approximate surface area is 354 Å². The molecule has 0 amide bonds. The van der Waals surface area contributed by atoms with E-state index in [1.807, 2.05) is 0 Å². The van der Waals surface area contributed by atoms with Crippen molar-refractivity contribution in [2.24, 2.45) is 0 Å². The fraction of sp³-hybridized carbons (Fsp3) is 0.981. The summed E-state index contributed by atoms with van der Waals surface area (Å²) in [5.74, 6) is -0.648. The average Bonchev–Trinajstić information content (AvgIpc) is 3.19. The average molecular weight is 790 g/mol. The summed E-state index contributed by atoms with van der Waals surface area (Å²) in [7, 11) is 0. The molecule has 3 nitrogen and oxygen atoms in total. The fourth-order valence-electron chi connectivity index (χ4n) is 8.91. The van der Waals surface area contributed by atoms with Gasteiger partial charge in [-0.3, -0.25) is 4.79 Å². The molecule has 336 valence electrons. The molecule has 0 aliphatic carbocycles. The molecule has 0 aliphatic rings. The highest BCUT2D eigenvalue weighted by Crippen LogP contribution is 2.18. The van der Waals surface area contributed by atoms with E-state index < -0.39 is 5.97 Å². The first-order valence-electron chi connectivity index (χ1n) is 26.6. The molecule has 3 heteroatoms. The van der Waals surface area contributed by atoms with Crippen LogP contribution in [0.5, 0.6) is 0 Å². The summed E-state index contributed by atoms with van der Waals surface area (Å²) in [6.45, 7) is 9.17. The number of carboxylic acid groups (broad SMARTS) is 1. The number of hydrogen-bond donors (Lipinski definition) is 1. The first-order valence-corrected chi connectivity index (χ1v) is 26.6. The third-order valence-electron chi connectivity index (χ3n) is 13.0. The second-order valence-electron chi connectivity index (χ2n) is 18.7. The predicted molar refractivity (Wildman–Crippen MR) is 252 cm³/mol. The lowest BCUT2D eigenvalue weighted by Gasteiger charge is -2.29. The van der Waals surface area contributed by atoms with Gasteiger partial charge in [0.2, 0.25) is 0 Å². The van der Waals surface area contributed by atoms with Crippen LogP contribution in [0.2, 0.25) is 0 Å². The van der Waals surface area contributed by atoms with E-state index in [0.717, 1.165) is 19.5 Å². The molecule has 0 rings (SSSR count). The van der Waals surface area contributed by atoms with Crippen molar-refractivity contribution in [1.82, 2.24) is 4.90 Å². The van der Waals surface area contributed by atoms with Crippen molar-refractivity contribution in [2.45, 2.75) is 322 Å². The topological polar surface area (TPSA) is 40.5 Å². The lowest BCUT2D eigenvalue weighted by molar-refractivity contribution is -0.137. The first kappa shape index (κ1) is 55.4. The SMILES string of the molecule is CCCCCCCCCCCCCCCCCCCCCCCCN(CCCCCCCCCCCCCCCCCCCCCCCC)C(C)CCC(=O)O. The van der Waals surface area contributed by atoms with Crippen LogP contribution >= 0.6 is 0 Å². The number of carboxylic acids is 1. The van der Waals surface area contributed by atoms with Gasteiger partial charge in [0.1, 0.15) is 0 Å². The molecule has 0 saturated carbocycles. The van der Waals surface area contributed by atoms with E-state index in [0.29, 0.717) is 12.5 Å². The van der Waals surface area contributed by atoms with E-state index in [1.54, 1.807) is 0 Å². The Morgan fingerprint density at radius 3 is 0.696 bits per heavy atom. The molecule has 0 spiro atoms. The number of unbranched alkanes of at least 4 members (excludes halogenated alkanes) is 42. The van der Waals surface area contributed by atoms with Gasteiger partial charge in [-0.2, -0.15) is 0 Å². The van der Waals surface area contributed by atoms with Crippen molar-refractivity contribution >= 4 is 5.97 Å². The van der Waals surface area contributed by atoms with Gasteiger partial charge >= 0.3 is 5.97 Å². The molecule has 0 fully saturated rings. The minimum atomic E-state index is -0.648. The summed E-state index contributed by atoms with van der Waals surface area (Å²) < 4.78 is 0. The van der Waals surface area contributed by atoms with Gasteiger partial charge in [0.25, 0.3) is 0 Å². The minimum absolute atomic E-state index is 0.302. The summed E-state index contributed by atoms with van der Waals surface area (Å²) in [6, 6.07) is 0.385. The molecule has 1 N–H and O–H groups in total. The second kappa shape index (κ2) is 48.8. The number of hydrogen-bond acceptors (Lipinski definition) is 2. The third-order valence-corrected chi connectivity index (χ3v) is 13.0. The minimum Gasteiger partial charge on any atom is -0.481 e. The van der Waals surface area contributed by atoms with Crippen LogP contribution in [0, 0.1) is 0 Å². The summed E-state index contributed by atoms with van der Waals surface area (Å²) in [5, 5.41) is 9.25. The zero-order valence-electron chi connectivity index (χ0n) is 39.3. The van der Waals surface area contributed by atoms with Gasteiger partial charge in [-0.25, -0.2) is 0 Å². The molecule has 0 aromatic rings. The summed E-state index contributed by atoms with van der Waals surface area (Å²) in [4.78, 5) is 13.9. The molecular weight excluding hydrogens is 683 g/mol. The quantitative estimate of drug-likeness (QED) is 0.0624. The maximum Gasteiger partial charge on any atom is 0.303 e. The highest BCUT2D eigenvalue weighted by molar-refractivity contribution is 5.66. The van der Waals surface area contributed by atoms with Gasteiger partial charge in [-0.15, -0.1) is 0 Å². The Kier molecular flexibility index (Phi) is 48.3. The third kappa shape index (κ3) is 46.1. The normalized spacial score (nSPS) is 12.3. The lowest BCUT2D eigenvalue weighted by Crippen LogP contribution is -2.35. The maximum absolute atomic E-state index is 11.2. The number of aliphatic carboxylic acids is 1. The molecule has 0 aromatic heterocycles. The van der Waals surface area contributed by atoms with Crippen LogP contribution in [0.4, 0.5) is 0 Å².